The molecule has 1 fully saturated rings. The third-order valence-electron chi connectivity index (χ3n) is 4.11. The fourth-order valence-corrected chi connectivity index (χ4v) is 2.94. The van der Waals surface area contributed by atoms with Crippen molar-refractivity contribution >= 4 is 0 Å². The number of methoxy groups -OCH3 is 1. The smallest absolute Gasteiger partial charge is 0.164 e. The summed E-state index contributed by atoms with van der Waals surface area (Å²) in [6, 6.07) is 6.00. The SMILES string of the molecule is CCCOc1c(CC2CN(C)CCC2O)cccc1OC. The lowest BCUT2D eigenvalue weighted by molar-refractivity contribution is 0.0363. The molecule has 21 heavy (non-hydrogen) atoms. The van der Waals surface area contributed by atoms with Crippen LogP contribution >= 0.6 is 0 Å². The molecule has 1 saturated heterocycles. The first-order chi connectivity index (χ1) is 10.2. The van der Waals surface area contributed by atoms with E-state index in [0.29, 0.717) is 6.61 Å². The molecule has 0 spiro atoms. The fourth-order valence-electron chi connectivity index (χ4n) is 2.94. The fraction of sp³-hybridized carbons (Fsp3) is 0.647. The summed E-state index contributed by atoms with van der Waals surface area (Å²) in [7, 11) is 3.78. The van der Waals surface area contributed by atoms with Crippen LogP contribution in [0.2, 0.25) is 0 Å². The van der Waals surface area contributed by atoms with Gasteiger partial charge in [0.1, 0.15) is 0 Å². The topological polar surface area (TPSA) is 41.9 Å². The summed E-state index contributed by atoms with van der Waals surface area (Å²) in [4.78, 5) is 2.28. The summed E-state index contributed by atoms with van der Waals surface area (Å²) in [5.41, 5.74) is 1.13. The lowest BCUT2D eigenvalue weighted by Gasteiger charge is -2.34. The van der Waals surface area contributed by atoms with Gasteiger partial charge >= 0.3 is 0 Å². The van der Waals surface area contributed by atoms with Crippen molar-refractivity contribution in [1.82, 2.24) is 4.90 Å². The third-order valence-corrected chi connectivity index (χ3v) is 4.11. The van der Waals surface area contributed by atoms with Gasteiger partial charge in [-0.25, -0.2) is 0 Å². The highest BCUT2D eigenvalue weighted by Gasteiger charge is 2.27. The van der Waals surface area contributed by atoms with Crippen molar-refractivity contribution in [3.8, 4) is 11.5 Å². The maximum atomic E-state index is 10.2. The molecule has 2 atom stereocenters. The molecule has 118 valence electrons. The molecule has 1 heterocycles. The molecule has 0 aliphatic carbocycles. The van der Waals surface area contributed by atoms with Crippen LogP contribution in [0.1, 0.15) is 25.3 Å². The van der Waals surface area contributed by atoms with Crippen molar-refractivity contribution in [3.05, 3.63) is 23.8 Å². The maximum absolute atomic E-state index is 10.2. The number of benzene rings is 1. The van der Waals surface area contributed by atoms with Crippen molar-refractivity contribution in [2.75, 3.05) is 33.9 Å². The molecule has 1 aliphatic rings. The summed E-state index contributed by atoms with van der Waals surface area (Å²) in [6.45, 7) is 4.66. The van der Waals surface area contributed by atoms with E-state index in [0.717, 1.165) is 49.4 Å². The highest BCUT2D eigenvalue weighted by atomic mass is 16.5. The molecule has 1 aliphatic heterocycles. The molecular formula is C17H27NO3. The Morgan fingerprint density at radius 3 is 2.90 bits per heavy atom. The lowest BCUT2D eigenvalue weighted by atomic mass is 9.88. The molecule has 0 bridgehead atoms. The highest BCUT2D eigenvalue weighted by molar-refractivity contribution is 5.47. The average molecular weight is 293 g/mol. The number of aliphatic hydroxyl groups excluding tert-OH is 1. The third kappa shape index (κ3) is 4.11. The van der Waals surface area contributed by atoms with E-state index in [2.05, 4.69) is 24.9 Å². The van der Waals surface area contributed by atoms with E-state index >= 15 is 0 Å². The second kappa shape index (κ2) is 7.66. The van der Waals surface area contributed by atoms with Crippen LogP contribution in [-0.2, 0) is 6.42 Å². The highest BCUT2D eigenvalue weighted by Crippen LogP contribution is 2.34. The predicted molar refractivity (Wildman–Crippen MR) is 84.1 cm³/mol. The zero-order valence-electron chi connectivity index (χ0n) is 13.3. The second-order valence-electron chi connectivity index (χ2n) is 5.88. The van der Waals surface area contributed by atoms with Gasteiger partial charge in [0.15, 0.2) is 11.5 Å². The summed E-state index contributed by atoms with van der Waals surface area (Å²) < 4.78 is 11.3. The van der Waals surface area contributed by atoms with Gasteiger partial charge < -0.3 is 19.5 Å². The molecular weight excluding hydrogens is 266 g/mol. The van der Waals surface area contributed by atoms with Crippen LogP contribution in [0.3, 0.4) is 0 Å². The minimum absolute atomic E-state index is 0.230. The Bertz CT molecular complexity index is 450. The molecule has 4 nitrogen and oxygen atoms in total. The van der Waals surface area contributed by atoms with E-state index < -0.39 is 0 Å². The van der Waals surface area contributed by atoms with E-state index in [1.807, 2.05) is 12.1 Å². The normalized spacial score (nSPS) is 23.0. The van der Waals surface area contributed by atoms with E-state index in [4.69, 9.17) is 9.47 Å². The van der Waals surface area contributed by atoms with Gasteiger partial charge in [-0.05, 0) is 37.9 Å². The Morgan fingerprint density at radius 1 is 1.38 bits per heavy atom. The number of para-hydroxylation sites is 1. The minimum atomic E-state index is -0.230. The standard InChI is InChI=1S/C17H27NO3/c1-4-10-21-17-13(6-5-7-16(17)20-3)11-14-12-18(2)9-8-15(14)19/h5-7,14-15,19H,4,8-12H2,1-3H3. The Labute approximate surface area is 127 Å². The molecule has 0 amide bonds. The molecule has 0 aromatic heterocycles. The van der Waals surface area contributed by atoms with Crippen LogP contribution in [0, 0.1) is 5.92 Å². The minimum Gasteiger partial charge on any atom is -0.493 e. The Balaban J connectivity index is 2.17. The van der Waals surface area contributed by atoms with Gasteiger partial charge in [0, 0.05) is 19.0 Å². The number of ether oxygens (including phenoxy) is 2. The molecule has 1 N–H and O–H groups in total. The number of aliphatic hydroxyl groups is 1. The van der Waals surface area contributed by atoms with Crippen LogP contribution in [-0.4, -0.2) is 50.0 Å². The second-order valence-corrected chi connectivity index (χ2v) is 5.88. The largest absolute Gasteiger partial charge is 0.493 e. The maximum Gasteiger partial charge on any atom is 0.164 e. The van der Waals surface area contributed by atoms with Crippen LogP contribution in [0.15, 0.2) is 18.2 Å². The summed E-state index contributed by atoms with van der Waals surface area (Å²) in [6.07, 6.45) is 2.40. The Hall–Kier alpha value is -1.26. The van der Waals surface area contributed by atoms with Gasteiger partial charge in [-0.3, -0.25) is 0 Å². The van der Waals surface area contributed by atoms with E-state index in [-0.39, 0.29) is 12.0 Å². The predicted octanol–water partition coefficient (Wildman–Crippen LogP) is 2.34. The first kappa shape index (κ1) is 16.1. The van der Waals surface area contributed by atoms with Gasteiger partial charge in [0.25, 0.3) is 0 Å². The van der Waals surface area contributed by atoms with E-state index in [1.165, 1.54) is 0 Å². The van der Waals surface area contributed by atoms with Crippen LogP contribution in [0.5, 0.6) is 11.5 Å². The molecule has 0 radical (unpaired) electrons. The van der Waals surface area contributed by atoms with Gasteiger partial charge in [-0.1, -0.05) is 19.1 Å². The summed E-state index contributed by atoms with van der Waals surface area (Å²) >= 11 is 0. The van der Waals surface area contributed by atoms with Crippen LogP contribution < -0.4 is 9.47 Å². The number of piperidine rings is 1. The number of hydrogen-bond donors (Lipinski definition) is 1. The van der Waals surface area contributed by atoms with E-state index in [9.17, 15) is 5.11 Å². The van der Waals surface area contributed by atoms with Crippen molar-refractivity contribution in [2.24, 2.45) is 5.92 Å². The summed E-state index contributed by atoms with van der Waals surface area (Å²) in [5, 5.41) is 10.2. The van der Waals surface area contributed by atoms with Crippen molar-refractivity contribution in [3.63, 3.8) is 0 Å². The molecule has 4 heteroatoms. The zero-order valence-corrected chi connectivity index (χ0v) is 13.3. The van der Waals surface area contributed by atoms with Crippen molar-refractivity contribution < 1.29 is 14.6 Å². The average Bonchev–Trinajstić information content (AvgIpc) is 2.49. The van der Waals surface area contributed by atoms with Gasteiger partial charge in [0.05, 0.1) is 19.8 Å². The number of hydrogen-bond acceptors (Lipinski definition) is 4. The lowest BCUT2D eigenvalue weighted by Crippen LogP contribution is -2.42. The Morgan fingerprint density at radius 2 is 2.19 bits per heavy atom. The quantitative estimate of drug-likeness (QED) is 0.874. The van der Waals surface area contributed by atoms with Gasteiger partial charge in [0.2, 0.25) is 0 Å². The number of likely N-dealkylation sites (tertiary alicyclic amines) is 1. The van der Waals surface area contributed by atoms with E-state index in [1.54, 1.807) is 7.11 Å². The number of nitrogens with zero attached hydrogens (tertiary/aromatic N) is 1. The van der Waals surface area contributed by atoms with Crippen LogP contribution in [0.4, 0.5) is 0 Å². The van der Waals surface area contributed by atoms with Gasteiger partial charge in [-0.15, -0.1) is 0 Å². The Kier molecular flexibility index (Phi) is 5.88. The molecule has 1 aromatic carbocycles. The van der Waals surface area contributed by atoms with Crippen molar-refractivity contribution in [1.29, 1.82) is 0 Å². The van der Waals surface area contributed by atoms with Gasteiger partial charge in [-0.2, -0.15) is 0 Å². The molecule has 2 unspecified atom stereocenters. The first-order valence-corrected chi connectivity index (χ1v) is 7.81. The monoisotopic (exact) mass is 293 g/mol. The molecule has 0 saturated carbocycles. The van der Waals surface area contributed by atoms with Crippen molar-refractivity contribution in [2.45, 2.75) is 32.3 Å². The van der Waals surface area contributed by atoms with Crippen LogP contribution in [0.25, 0.3) is 0 Å². The molecule has 2 rings (SSSR count). The summed E-state index contributed by atoms with van der Waals surface area (Å²) in [5.74, 6) is 1.86. The number of rotatable bonds is 6. The molecule has 1 aromatic rings. The first-order valence-electron chi connectivity index (χ1n) is 7.81. The zero-order chi connectivity index (χ0) is 15.2.